The van der Waals surface area contributed by atoms with Crippen molar-refractivity contribution < 1.29 is 47.0 Å². The second kappa shape index (κ2) is 15.3. The van der Waals surface area contributed by atoms with Gasteiger partial charge in [-0.1, -0.05) is 36.4 Å². The lowest BCUT2D eigenvalue weighted by atomic mass is 10.1. The first-order chi connectivity index (χ1) is 25.9. The van der Waals surface area contributed by atoms with Gasteiger partial charge in [-0.2, -0.15) is 9.97 Å². The molecule has 0 radical (unpaired) electrons. The third-order valence-electron chi connectivity index (χ3n) is 8.50. The molecule has 7 rings (SSSR count). The number of nitrogens with zero attached hydrogens (tertiary/aromatic N) is 6. The number of H-pyrrole nitrogens is 1. The van der Waals surface area contributed by atoms with E-state index in [2.05, 4.69) is 24.9 Å². The second-order valence-electron chi connectivity index (χ2n) is 12.1. The van der Waals surface area contributed by atoms with E-state index in [9.17, 15) is 28.6 Å². The van der Waals surface area contributed by atoms with Gasteiger partial charge in [-0.05, 0) is 24.3 Å². The highest BCUT2D eigenvalue weighted by molar-refractivity contribution is 7.47. The number of carbonyl (C=O) groups excluding carboxylic acids is 2. The number of ether oxygens (including phenoxy) is 4. The van der Waals surface area contributed by atoms with Crippen LogP contribution >= 0.6 is 7.82 Å². The molecule has 21 nitrogen and oxygen atoms in total. The van der Waals surface area contributed by atoms with Gasteiger partial charge >= 0.3 is 25.5 Å². The second-order valence-corrected chi connectivity index (χ2v) is 13.5. The lowest BCUT2D eigenvalue weighted by molar-refractivity contribution is -0.0620. The summed E-state index contributed by atoms with van der Waals surface area (Å²) < 4.78 is 50.1. The van der Waals surface area contributed by atoms with Gasteiger partial charge in [0, 0.05) is 12.8 Å². The number of imidazole rings is 1. The number of nitrogen functional groups attached to an aromatic ring is 2. The van der Waals surface area contributed by atoms with Crippen LogP contribution < -0.4 is 22.7 Å². The number of esters is 2. The van der Waals surface area contributed by atoms with Crippen molar-refractivity contribution in [3.8, 4) is 0 Å². The average molecular weight is 766 g/mol. The lowest BCUT2D eigenvalue weighted by Gasteiger charge is -2.23. The standard InChI is InChI=1S/C32H32N9O12P/c33-30-36-16-41(32(45)39-30)24-12-20(21(50-24)13-48-28(43)17-7-3-1-4-8-17)53-54(46,47)49-14-22-19(52-29(44)18-9-5-2-6-10-18)11-23(51-22)40-15-35-25-26(40)37-31(34)38-27(25)42/h1-10,15-16,19-24H,11-14H2,(H,46,47)(H2,33,39,45)(H3,34,37,38,42)/t19-,20+,21+,22+,23+,24+/m0/s1. The van der Waals surface area contributed by atoms with Crippen LogP contribution in [0.2, 0.25) is 0 Å². The highest BCUT2D eigenvalue weighted by Crippen LogP contribution is 2.49. The first-order valence-corrected chi connectivity index (χ1v) is 17.8. The number of aromatic nitrogens is 7. The van der Waals surface area contributed by atoms with Gasteiger partial charge in [0.25, 0.3) is 5.56 Å². The van der Waals surface area contributed by atoms with Crippen molar-refractivity contribution in [1.29, 1.82) is 0 Å². The molecule has 0 spiro atoms. The molecule has 5 aromatic rings. The van der Waals surface area contributed by atoms with Gasteiger partial charge in [0.05, 0.1) is 24.1 Å². The van der Waals surface area contributed by atoms with Crippen molar-refractivity contribution in [3.63, 3.8) is 0 Å². The van der Waals surface area contributed by atoms with E-state index < -0.39 is 81.1 Å². The zero-order chi connectivity index (χ0) is 38.0. The molecule has 0 saturated carbocycles. The highest BCUT2D eigenvalue weighted by Gasteiger charge is 2.45. The largest absolute Gasteiger partial charge is 0.472 e. The summed E-state index contributed by atoms with van der Waals surface area (Å²) in [7, 11) is -5.00. The van der Waals surface area contributed by atoms with E-state index in [1.807, 2.05) is 0 Å². The Balaban J connectivity index is 1.08. The number of aromatic amines is 1. The molecule has 3 aromatic heterocycles. The third-order valence-corrected chi connectivity index (χ3v) is 9.52. The summed E-state index contributed by atoms with van der Waals surface area (Å²) in [5, 5.41) is 0. The number of phosphoric acid groups is 1. The molecular formula is C32H32N9O12P. The number of rotatable bonds is 12. The van der Waals surface area contributed by atoms with E-state index in [1.165, 1.54) is 23.0 Å². The Kier molecular flexibility index (Phi) is 10.3. The number of nitrogens with two attached hydrogens (primary N) is 2. The Hall–Kier alpha value is -5.83. The van der Waals surface area contributed by atoms with E-state index in [0.29, 0.717) is 0 Å². The van der Waals surface area contributed by atoms with Crippen LogP contribution in [-0.4, -0.2) is 88.5 Å². The first-order valence-electron chi connectivity index (χ1n) is 16.3. The van der Waals surface area contributed by atoms with Crippen molar-refractivity contribution in [1.82, 2.24) is 34.1 Å². The SMILES string of the molecule is Nc1ncn([C@H]2C[C@@H](OP(=O)(O)OC[C@H]3O[C@@H](n4cnc5c(=O)[nH]c(N)nc54)C[C@@H]3OC(=O)c3ccccc3)[C@@H](COC(=O)c3ccccc3)O2)c(=O)n1. The quantitative estimate of drug-likeness (QED) is 0.102. The van der Waals surface area contributed by atoms with Crippen molar-refractivity contribution in [2.24, 2.45) is 0 Å². The molecule has 282 valence electrons. The Morgan fingerprint density at radius 2 is 1.46 bits per heavy atom. The van der Waals surface area contributed by atoms with Crippen molar-refractivity contribution in [2.75, 3.05) is 24.7 Å². The molecule has 22 heteroatoms. The summed E-state index contributed by atoms with van der Waals surface area (Å²) >= 11 is 0. The zero-order valence-electron chi connectivity index (χ0n) is 27.9. The zero-order valence-corrected chi connectivity index (χ0v) is 28.8. The normalized spacial score (nSPS) is 23.6. The van der Waals surface area contributed by atoms with Crippen LogP contribution in [0.3, 0.4) is 0 Å². The summed E-state index contributed by atoms with van der Waals surface area (Å²) in [4.78, 5) is 79.6. The van der Waals surface area contributed by atoms with Crippen LogP contribution in [-0.2, 0) is 32.6 Å². The molecule has 2 saturated heterocycles. The van der Waals surface area contributed by atoms with E-state index in [0.717, 1.165) is 10.9 Å². The summed E-state index contributed by atoms with van der Waals surface area (Å²) in [5.41, 5.74) is 10.4. The summed E-state index contributed by atoms with van der Waals surface area (Å²) in [6.07, 6.45) is -4.48. The molecule has 2 fully saturated rings. The summed E-state index contributed by atoms with van der Waals surface area (Å²) in [6, 6.07) is 16.2. The van der Waals surface area contributed by atoms with Gasteiger partial charge in [-0.15, -0.1) is 0 Å². The minimum absolute atomic E-state index is 0.00551. The minimum atomic E-state index is -5.00. The van der Waals surface area contributed by atoms with Crippen LogP contribution in [0, 0.1) is 0 Å². The number of hydrogen-bond acceptors (Lipinski definition) is 17. The predicted octanol–water partition coefficient (Wildman–Crippen LogP) is 1.10. The van der Waals surface area contributed by atoms with E-state index in [4.69, 9.17) is 39.5 Å². The third kappa shape index (κ3) is 8.05. The molecule has 0 amide bonds. The lowest BCUT2D eigenvalue weighted by Crippen LogP contribution is -2.32. The summed E-state index contributed by atoms with van der Waals surface area (Å²) in [5.74, 6) is -1.84. The van der Waals surface area contributed by atoms with Crippen LogP contribution in [0.25, 0.3) is 11.2 Å². The van der Waals surface area contributed by atoms with E-state index in [1.54, 1.807) is 48.5 Å². The molecule has 2 aliphatic heterocycles. The van der Waals surface area contributed by atoms with E-state index >= 15 is 0 Å². The number of nitrogens with one attached hydrogen (secondary N) is 1. The maximum Gasteiger partial charge on any atom is 0.472 e. The molecule has 2 aromatic carbocycles. The smallest absolute Gasteiger partial charge is 0.459 e. The molecule has 2 aliphatic rings. The van der Waals surface area contributed by atoms with E-state index in [-0.39, 0.29) is 47.0 Å². The average Bonchev–Trinajstić information content (AvgIpc) is 3.87. The minimum Gasteiger partial charge on any atom is -0.459 e. The van der Waals surface area contributed by atoms with Crippen LogP contribution in [0.15, 0.2) is 82.9 Å². The van der Waals surface area contributed by atoms with Crippen LogP contribution in [0.1, 0.15) is 46.0 Å². The molecule has 1 unspecified atom stereocenters. The maximum atomic E-state index is 13.5. The molecule has 54 heavy (non-hydrogen) atoms. The fourth-order valence-corrected chi connectivity index (χ4v) is 6.91. The number of benzene rings is 2. The monoisotopic (exact) mass is 765 g/mol. The number of carbonyl (C=O) groups is 2. The first kappa shape index (κ1) is 36.5. The number of fused-ring (bicyclic) bond motifs is 1. The topological polar surface area (TPSA) is 290 Å². The predicted molar refractivity (Wildman–Crippen MR) is 183 cm³/mol. The fraction of sp³-hybridized carbons (Fsp3) is 0.312. The van der Waals surface area contributed by atoms with Gasteiger partial charge in [-0.25, -0.2) is 28.9 Å². The summed E-state index contributed by atoms with van der Waals surface area (Å²) in [6.45, 7) is -1.07. The Morgan fingerprint density at radius 1 is 0.852 bits per heavy atom. The van der Waals surface area contributed by atoms with Gasteiger partial charge in [0.2, 0.25) is 11.9 Å². The fourth-order valence-electron chi connectivity index (χ4n) is 5.95. The van der Waals surface area contributed by atoms with Crippen molar-refractivity contribution >= 4 is 42.8 Å². The van der Waals surface area contributed by atoms with Crippen molar-refractivity contribution in [3.05, 3.63) is 105 Å². The van der Waals surface area contributed by atoms with Gasteiger partial charge in [0.1, 0.15) is 49.8 Å². The van der Waals surface area contributed by atoms with Gasteiger partial charge in [0.15, 0.2) is 11.2 Å². The molecule has 5 heterocycles. The molecule has 0 bridgehead atoms. The Morgan fingerprint density at radius 3 is 2.15 bits per heavy atom. The Bertz CT molecular complexity index is 2320. The van der Waals surface area contributed by atoms with Gasteiger partial charge in [-0.3, -0.25) is 28.0 Å². The highest BCUT2D eigenvalue weighted by atomic mass is 31.2. The molecular weight excluding hydrogens is 733 g/mol. The maximum absolute atomic E-state index is 13.5. The number of anilines is 2. The molecule has 7 atom stereocenters. The van der Waals surface area contributed by atoms with Crippen LogP contribution in [0.5, 0.6) is 0 Å². The Labute approximate surface area is 303 Å². The van der Waals surface area contributed by atoms with Crippen molar-refractivity contribution in [2.45, 2.75) is 49.7 Å². The van der Waals surface area contributed by atoms with Crippen LogP contribution in [0.4, 0.5) is 11.9 Å². The molecule has 0 aliphatic carbocycles. The molecule has 6 N–H and O–H groups in total. The number of phosphoric ester groups is 1. The van der Waals surface area contributed by atoms with Gasteiger partial charge < -0.3 is 35.3 Å². The number of hydrogen-bond donors (Lipinski definition) is 4.